The third-order valence-electron chi connectivity index (χ3n) is 3.93. The molecule has 0 aromatic heterocycles. The van der Waals surface area contributed by atoms with E-state index in [9.17, 15) is 17.6 Å². The first-order valence-corrected chi connectivity index (χ1v) is 10.7. The molecular weight excluding hydrogens is 407 g/mol. The van der Waals surface area contributed by atoms with Crippen LogP contribution in [0.3, 0.4) is 0 Å². The van der Waals surface area contributed by atoms with E-state index in [4.69, 9.17) is 16.3 Å². The fraction of sp³-hybridized carbons (Fsp3) is 0.316. The molecular formula is C19H22ClFN2O4S. The zero-order valence-electron chi connectivity index (χ0n) is 15.6. The molecule has 2 aromatic rings. The fourth-order valence-electron chi connectivity index (χ4n) is 2.35. The first kappa shape index (κ1) is 22.1. The van der Waals surface area contributed by atoms with Crippen molar-refractivity contribution in [2.45, 2.75) is 13.5 Å². The number of benzene rings is 2. The average molecular weight is 429 g/mol. The molecule has 0 saturated heterocycles. The van der Waals surface area contributed by atoms with Crippen LogP contribution < -0.4 is 10.1 Å². The number of hydrogen-bond donors (Lipinski definition) is 1. The Balaban J connectivity index is 1.86. The van der Waals surface area contributed by atoms with Crippen LogP contribution in [-0.4, -0.2) is 44.6 Å². The van der Waals surface area contributed by atoms with Crippen molar-refractivity contribution in [3.05, 3.63) is 64.4 Å². The summed E-state index contributed by atoms with van der Waals surface area (Å²) in [5, 5.41) is 3.17. The number of nitrogens with zero attached hydrogens (tertiary/aromatic N) is 1. The summed E-state index contributed by atoms with van der Waals surface area (Å²) in [5.41, 5.74) is 1.12. The number of sulfonamides is 1. The van der Waals surface area contributed by atoms with E-state index >= 15 is 0 Å². The van der Waals surface area contributed by atoms with Crippen molar-refractivity contribution in [2.75, 3.05) is 26.0 Å². The summed E-state index contributed by atoms with van der Waals surface area (Å²) in [5.74, 6) is -0.462. The minimum absolute atomic E-state index is 0.182. The van der Waals surface area contributed by atoms with Crippen molar-refractivity contribution in [3.8, 4) is 5.75 Å². The van der Waals surface area contributed by atoms with E-state index < -0.39 is 28.3 Å². The lowest BCUT2D eigenvalue weighted by Crippen LogP contribution is -2.41. The third-order valence-corrected chi connectivity index (χ3v) is 5.53. The van der Waals surface area contributed by atoms with Gasteiger partial charge in [0.15, 0.2) is 0 Å². The number of hydrogen-bond acceptors (Lipinski definition) is 4. The van der Waals surface area contributed by atoms with Gasteiger partial charge in [-0.05, 0) is 30.7 Å². The Morgan fingerprint density at radius 3 is 2.61 bits per heavy atom. The molecule has 6 nitrogen and oxygen atoms in total. The summed E-state index contributed by atoms with van der Waals surface area (Å²) >= 11 is 6.02. The third kappa shape index (κ3) is 6.78. The lowest BCUT2D eigenvalue weighted by Gasteiger charge is -2.20. The number of nitrogens with one attached hydrogen (secondary N) is 1. The van der Waals surface area contributed by atoms with Crippen molar-refractivity contribution in [1.29, 1.82) is 0 Å². The first-order valence-electron chi connectivity index (χ1n) is 8.51. The Morgan fingerprint density at radius 1 is 1.25 bits per heavy atom. The first-order chi connectivity index (χ1) is 13.2. The van der Waals surface area contributed by atoms with E-state index in [1.54, 1.807) is 18.2 Å². The molecule has 9 heteroatoms. The minimum atomic E-state index is -3.70. The van der Waals surface area contributed by atoms with Gasteiger partial charge in [-0.3, -0.25) is 4.79 Å². The van der Waals surface area contributed by atoms with Gasteiger partial charge in [-0.15, -0.1) is 0 Å². The number of aryl methyl sites for hydroxylation is 1. The fourth-order valence-corrected chi connectivity index (χ4v) is 3.24. The quantitative estimate of drug-likeness (QED) is 0.623. The van der Waals surface area contributed by atoms with Crippen LogP contribution in [0.2, 0.25) is 5.02 Å². The molecule has 152 valence electrons. The van der Waals surface area contributed by atoms with Crippen LogP contribution in [0.25, 0.3) is 0 Å². The number of amides is 1. The highest BCUT2D eigenvalue weighted by atomic mass is 35.5. The van der Waals surface area contributed by atoms with Crippen molar-refractivity contribution in [3.63, 3.8) is 0 Å². The van der Waals surface area contributed by atoms with E-state index in [0.29, 0.717) is 10.8 Å². The lowest BCUT2D eigenvalue weighted by atomic mass is 10.2. The SMILES string of the molecule is Cc1ccc(OCCNC(=O)CN(Cc2ccccc2F)S(C)(=O)=O)cc1Cl. The molecule has 2 aromatic carbocycles. The van der Waals surface area contributed by atoms with E-state index in [1.165, 1.54) is 18.2 Å². The van der Waals surface area contributed by atoms with Crippen molar-refractivity contribution < 1.29 is 22.3 Å². The second-order valence-electron chi connectivity index (χ2n) is 6.23. The van der Waals surface area contributed by atoms with Gasteiger partial charge in [0.05, 0.1) is 19.3 Å². The topological polar surface area (TPSA) is 75.7 Å². The number of ether oxygens (including phenoxy) is 1. The number of carbonyl (C=O) groups excluding carboxylic acids is 1. The second-order valence-corrected chi connectivity index (χ2v) is 8.62. The summed E-state index contributed by atoms with van der Waals surface area (Å²) in [6, 6.07) is 11.1. The summed E-state index contributed by atoms with van der Waals surface area (Å²) in [4.78, 5) is 12.1. The Morgan fingerprint density at radius 2 is 1.96 bits per heavy atom. The van der Waals surface area contributed by atoms with Gasteiger partial charge in [-0.1, -0.05) is 35.9 Å². The highest BCUT2D eigenvalue weighted by Crippen LogP contribution is 2.21. The van der Waals surface area contributed by atoms with Crippen LogP contribution in [0.4, 0.5) is 4.39 Å². The Hall–Kier alpha value is -2.16. The molecule has 28 heavy (non-hydrogen) atoms. The number of rotatable bonds is 9. The largest absolute Gasteiger partial charge is 0.492 e. The predicted molar refractivity (Wildman–Crippen MR) is 106 cm³/mol. The van der Waals surface area contributed by atoms with E-state index in [2.05, 4.69) is 5.32 Å². The van der Waals surface area contributed by atoms with Gasteiger partial charge >= 0.3 is 0 Å². The zero-order chi connectivity index (χ0) is 20.7. The van der Waals surface area contributed by atoms with Crippen molar-refractivity contribution in [2.24, 2.45) is 0 Å². The molecule has 0 unspecified atom stereocenters. The molecule has 0 spiro atoms. The normalized spacial score (nSPS) is 11.5. The summed E-state index contributed by atoms with van der Waals surface area (Å²) in [6.07, 6.45) is 0.978. The van der Waals surface area contributed by atoms with Gasteiger partial charge in [-0.25, -0.2) is 12.8 Å². The molecule has 0 saturated carbocycles. The molecule has 0 aliphatic carbocycles. The highest BCUT2D eigenvalue weighted by Gasteiger charge is 2.21. The average Bonchev–Trinajstić information content (AvgIpc) is 2.62. The van der Waals surface area contributed by atoms with E-state index in [1.807, 2.05) is 13.0 Å². The van der Waals surface area contributed by atoms with Gasteiger partial charge in [-0.2, -0.15) is 4.31 Å². The smallest absolute Gasteiger partial charge is 0.235 e. The molecule has 1 amide bonds. The summed E-state index contributed by atoms with van der Waals surface area (Å²) in [6.45, 7) is 1.61. The molecule has 0 aliphatic rings. The maximum Gasteiger partial charge on any atom is 0.235 e. The molecule has 0 fully saturated rings. The van der Waals surface area contributed by atoms with E-state index in [-0.39, 0.29) is 25.3 Å². The molecule has 2 rings (SSSR count). The molecule has 0 atom stereocenters. The lowest BCUT2D eigenvalue weighted by molar-refractivity contribution is -0.121. The van der Waals surface area contributed by atoms with Crippen LogP contribution in [-0.2, 0) is 21.4 Å². The van der Waals surface area contributed by atoms with Crippen molar-refractivity contribution >= 4 is 27.5 Å². The molecule has 0 aliphatic heterocycles. The summed E-state index contributed by atoms with van der Waals surface area (Å²) < 4.78 is 44.1. The Kier molecular flexibility index (Phi) is 7.79. The van der Waals surface area contributed by atoms with Crippen LogP contribution in [0, 0.1) is 12.7 Å². The van der Waals surface area contributed by atoms with Crippen LogP contribution >= 0.6 is 11.6 Å². The standard InChI is InChI=1S/C19H22ClFN2O4S/c1-14-7-8-16(11-17(14)20)27-10-9-22-19(24)13-23(28(2,25)26)12-15-5-3-4-6-18(15)21/h3-8,11H,9-10,12-13H2,1-2H3,(H,22,24). The van der Waals surface area contributed by atoms with Gasteiger partial charge in [0.25, 0.3) is 0 Å². The Labute approximate surface area is 169 Å². The zero-order valence-corrected chi connectivity index (χ0v) is 17.2. The molecule has 1 N–H and O–H groups in total. The van der Waals surface area contributed by atoms with Crippen LogP contribution in [0.1, 0.15) is 11.1 Å². The maximum atomic E-state index is 13.8. The number of halogens is 2. The molecule has 0 heterocycles. The monoisotopic (exact) mass is 428 g/mol. The molecule has 0 bridgehead atoms. The minimum Gasteiger partial charge on any atom is -0.492 e. The van der Waals surface area contributed by atoms with E-state index in [0.717, 1.165) is 16.1 Å². The maximum absolute atomic E-state index is 13.8. The van der Waals surface area contributed by atoms with Gasteiger partial charge in [0.2, 0.25) is 15.9 Å². The predicted octanol–water partition coefficient (Wildman–Crippen LogP) is 2.74. The van der Waals surface area contributed by atoms with Crippen molar-refractivity contribution in [1.82, 2.24) is 9.62 Å². The molecule has 0 radical (unpaired) electrons. The van der Waals surface area contributed by atoms with Gasteiger partial charge in [0.1, 0.15) is 18.2 Å². The number of carbonyl (C=O) groups is 1. The van der Waals surface area contributed by atoms with Gasteiger partial charge < -0.3 is 10.1 Å². The van der Waals surface area contributed by atoms with Crippen LogP contribution in [0.5, 0.6) is 5.75 Å². The van der Waals surface area contributed by atoms with Crippen LogP contribution in [0.15, 0.2) is 42.5 Å². The second kappa shape index (κ2) is 9.86. The summed E-state index contributed by atoms with van der Waals surface area (Å²) in [7, 11) is -3.70. The Bertz CT molecular complexity index is 937. The van der Waals surface area contributed by atoms with Gasteiger partial charge in [0, 0.05) is 17.1 Å². The highest BCUT2D eigenvalue weighted by molar-refractivity contribution is 7.88.